The van der Waals surface area contributed by atoms with E-state index in [2.05, 4.69) is 19.2 Å². The van der Waals surface area contributed by atoms with Gasteiger partial charge in [0.1, 0.15) is 0 Å². The highest BCUT2D eigenvalue weighted by Crippen LogP contribution is 2.52. The van der Waals surface area contributed by atoms with E-state index in [1.807, 2.05) is 0 Å². The number of hydrogen-bond donors (Lipinski definition) is 2. The average molecular weight is 211 g/mol. The Balaban J connectivity index is 1.93. The molecule has 2 aliphatic carbocycles. The molecule has 0 aromatic heterocycles. The smallest absolute Gasteiger partial charge is 0.224 e. The highest BCUT2D eigenvalue weighted by atomic mass is 16.3. The molecular formula is C12H21NO2. The lowest BCUT2D eigenvalue weighted by Crippen LogP contribution is -2.50. The molecule has 86 valence electrons. The number of rotatable bonds is 3. The molecule has 1 unspecified atom stereocenters. The maximum atomic E-state index is 11.9. The van der Waals surface area contributed by atoms with E-state index in [9.17, 15) is 9.90 Å². The number of amides is 1. The van der Waals surface area contributed by atoms with Crippen molar-refractivity contribution >= 4 is 5.91 Å². The van der Waals surface area contributed by atoms with Gasteiger partial charge in [-0.1, -0.05) is 26.7 Å². The van der Waals surface area contributed by atoms with Gasteiger partial charge in [0.15, 0.2) is 0 Å². The molecule has 2 saturated carbocycles. The van der Waals surface area contributed by atoms with E-state index in [-0.39, 0.29) is 29.4 Å². The molecule has 0 aromatic carbocycles. The van der Waals surface area contributed by atoms with Crippen LogP contribution < -0.4 is 5.32 Å². The van der Waals surface area contributed by atoms with Crippen molar-refractivity contribution in [2.24, 2.45) is 11.3 Å². The van der Waals surface area contributed by atoms with Crippen LogP contribution in [-0.2, 0) is 4.79 Å². The van der Waals surface area contributed by atoms with Crippen molar-refractivity contribution in [2.45, 2.75) is 51.5 Å². The third-order valence-electron chi connectivity index (χ3n) is 4.08. The zero-order chi connectivity index (χ0) is 11.1. The summed E-state index contributed by atoms with van der Waals surface area (Å²) in [5.74, 6) is 0.317. The van der Waals surface area contributed by atoms with E-state index < -0.39 is 0 Å². The van der Waals surface area contributed by atoms with Gasteiger partial charge in [-0.3, -0.25) is 4.79 Å². The summed E-state index contributed by atoms with van der Waals surface area (Å²) < 4.78 is 0. The SMILES string of the molecule is CC1(C)CC1C(=O)NC1(CO)CCCC1. The van der Waals surface area contributed by atoms with Gasteiger partial charge in [-0.25, -0.2) is 0 Å². The Morgan fingerprint density at radius 3 is 2.33 bits per heavy atom. The minimum atomic E-state index is -0.296. The van der Waals surface area contributed by atoms with Gasteiger partial charge in [0.2, 0.25) is 5.91 Å². The first-order valence-corrected chi connectivity index (χ1v) is 5.92. The number of carbonyl (C=O) groups is 1. The van der Waals surface area contributed by atoms with Crippen LogP contribution in [0.5, 0.6) is 0 Å². The van der Waals surface area contributed by atoms with Gasteiger partial charge < -0.3 is 10.4 Å². The van der Waals surface area contributed by atoms with Crippen LogP contribution in [0.4, 0.5) is 0 Å². The number of nitrogens with one attached hydrogen (secondary N) is 1. The molecule has 2 fully saturated rings. The molecule has 1 amide bonds. The fraction of sp³-hybridized carbons (Fsp3) is 0.917. The predicted molar refractivity (Wildman–Crippen MR) is 58.3 cm³/mol. The summed E-state index contributed by atoms with van der Waals surface area (Å²) in [6.45, 7) is 4.33. The molecular weight excluding hydrogens is 190 g/mol. The number of aliphatic hydroxyl groups is 1. The summed E-state index contributed by atoms with van der Waals surface area (Å²) in [5, 5.41) is 12.5. The molecule has 2 rings (SSSR count). The Bertz CT molecular complexity index is 267. The van der Waals surface area contributed by atoms with E-state index in [0.29, 0.717) is 0 Å². The minimum Gasteiger partial charge on any atom is -0.394 e. The molecule has 0 saturated heterocycles. The van der Waals surface area contributed by atoms with Crippen LogP contribution in [0.15, 0.2) is 0 Å². The molecule has 0 radical (unpaired) electrons. The quantitative estimate of drug-likeness (QED) is 0.742. The largest absolute Gasteiger partial charge is 0.394 e. The third kappa shape index (κ3) is 2.03. The van der Waals surface area contributed by atoms with Crippen molar-refractivity contribution in [3.05, 3.63) is 0 Å². The van der Waals surface area contributed by atoms with Crippen molar-refractivity contribution in [1.82, 2.24) is 5.32 Å². The second-order valence-electron chi connectivity index (χ2n) is 5.88. The fourth-order valence-corrected chi connectivity index (χ4v) is 2.64. The lowest BCUT2D eigenvalue weighted by atomic mass is 9.98. The van der Waals surface area contributed by atoms with Crippen LogP contribution in [0.2, 0.25) is 0 Å². The van der Waals surface area contributed by atoms with Gasteiger partial charge >= 0.3 is 0 Å². The van der Waals surface area contributed by atoms with E-state index in [0.717, 1.165) is 32.1 Å². The van der Waals surface area contributed by atoms with Crippen molar-refractivity contribution in [2.75, 3.05) is 6.61 Å². The van der Waals surface area contributed by atoms with E-state index >= 15 is 0 Å². The zero-order valence-electron chi connectivity index (χ0n) is 9.68. The molecule has 0 spiro atoms. The summed E-state index contributed by atoms with van der Waals surface area (Å²) in [7, 11) is 0. The molecule has 15 heavy (non-hydrogen) atoms. The normalized spacial score (nSPS) is 31.3. The minimum absolute atomic E-state index is 0.0892. The highest BCUT2D eigenvalue weighted by molar-refractivity contribution is 5.83. The van der Waals surface area contributed by atoms with Crippen LogP contribution in [0, 0.1) is 11.3 Å². The Labute approximate surface area is 91.2 Å². The lowest BCUT2D eigenvalue weighted by molar-refractivity contribution is -0.125. The number of hydrogen-bond acceptors (Lipinski definition) is 2. The van der Waals surface area contributed by atoms with Gasteiger partial charge in [-0.05, 0) is 24.7 Å². The molecule has 3 heteroatoms. The van der Waals surface area contributed by atoms with E-state index in [1.165, 1.54) is 0 Å². The van der Waals surface area contributed by atoms with E-state index in [4.69, 9.17) is 0 Å². The standard InChI is InChI=1S/C12H21NO2/c1-11(2)7-9(11)10(15)13-12(8-14)5-3-4-6-12/h9,14H,3-8H2,1-2H3,(H,13,15). The van der Waals surface area contributed by atoms with Gasteiger partial charge in [0.05, 0.1) is 12.1 Å². The fourth-order valence-electron chi connectivity index (χ4n) is 2.64. The second-order valence-corrected chi connectivity index (χ2v) is 5.88. The molecule has 0 aliphatic heterocycles. The van der Waals surface area contributed by atoms with Crippen LogP contribution in [0.25, 0.3) is 0 Å². The average Bonchev–Trinajstić information content (AvgIpc) is 2.64. The Morgan fingerprint density at radius 1 is 1.40 bits per heavy atom. The maximum absolute atomic E-state index is 11.9. The predicted octanol–water partition coefficient (Wildman–Crippen LogP) is 1.45. The topological polar surface area (TPSA) is 49.3 Å². The Morgan fingerprint density at radius 2 is 1.93 bits per heavy atom. The summed E-state index contributed by atoms with van der Waals surface area (Å²) in [5.41, 5.74) is -0.116. The van der Waals surface area contributed by atoms with Crippen molar-refractivity contribution in [1.29, 1.82) is 0 Å². The van der Waals surface area contributed by atoms with Crippen molar-refractivity contribution < 1.29 is 9.90 Å². The molecule has 2 aliphatic rings. The summed E-state index contributed by atoms with van der Waals surface area (Å²) >= 11 is 0. The first-order chi connectivity index (χ1) is 6.99. The molecule has 0 aromatic rings. The molecule has 0 heterocycles. The molecule has 0 bridgehead atoms. The summed E-state index contributed by atoms with van der Waals surface area (Å²) in [6.07, 6.45) is 5.09. The van der Waals surface area contributed by atoms with Crippen LogP contribution in [0.3, 0.4) is 0 Å². The van der Waals surface area contributed by atoms with Crippen LogP contribution in [-0.4, -0.2) is 23.2 Å². The van der Waals surface area contributed by atoms with E-state index in [1.54, 1.807) is 0 Å². The van der Waals surface area contributed by atoms with Gasteiger partial charge in [-0.15, -0.1) is 0 Å². The molecule has 2 N–H and O–H groups in total. The third-order valence-corrected chi connectivity index (χ3v) is 4.08. The van der Waals surface area contributed by atoms with Gasteiger partial charge in [0, 0.05) is 5.92 Å². The summed E-state index contributed by atoms with van der Waals surface area (Å²) in [4.78, 5) is 11.9. The monoisotopic (exact) mass is 211 g/mol. The number of carbonyl (C=O) groups excluding carboxylic acids is 1. The first kappa shape index (κ1) is 10.9. The van der Waals surface area contributed by atoms with Gasteiger partial charge in [0.25, 0.3) is 0 Å². The van der Waals surface area contributed by atoms with Crippen molar-refractivity contribution in [3.8, 4) is 0 Å². The van der Waals surface area contributed by atoms with Crippen LogP contribution in [0.1, 0.15) is 46.0 Å². The highest BCUT2D eigenvalue weighted by Gasteiger charge is 2.52. The van der Waals surface area contributed by atoms with Gasteiger partial charge in [-0.2, -0.15) is 0 Å². The van der Waals surface area contributed by atoms with Crippen molar-refractivity contribution in [3.63, 3.8) is 0 Å². The summed E-state index contributed by atoms with van der Waals surface area (Å²) in [6, 6.07) is 0. The second kappa shape index (κ2) is 3.48. The molecule has 1 atom stereocenters. The zero-order valence-corrected chi connectivity index (χ0v) is 9.68. The number of aliphatic hydroxyl groups excluding tert-OH is 1. The molecule has 3 nitrogen and oxygen atoms in total. The Kier molecular flexibility index (Phi) is 2.53. The lowest BCUT2D eigenvalue weighted by Gasteiger charge is -2.28. The van der Waals surface area contributed by atoms with Crippen LogP contribution >= 0.6 is 0 Å². The maximum Gasteiger partial charge on any atom is 0.224 e. The first-order valence-electron chi connectivity index (χ1n) is 5.92. The Hall–Kier alpha value is -0.570.